The SMILES string of the molecule is Cn1nccc1CNc1nc(N)nc2nc[nH]c12. The number of fused-ring (bicyclic) bond motifs is 1. The van der Waals surface area contributed by atoms with Gasteiger partial charge in [0.2, 0.25) is 5.95 Å². The molecule has 0 amide bonds. The van der Waals surface area contributed by atoms with E-state index in [4.69, 9.17) is 5.73 Å². The lowest BCUT2D eigenvalue weighted by Gasteiger charge is -2.07. The van der Waals surface area contributed by atoms with E-state index in [9.17, 15) is 0 Å². The minimum atomic E-state index is 0.196. The number of nitrogens with zero attached hydrogens (tertiary/aromatic N) is 5. The number of aryl methyl sites for hydroxylation is 1. The van der Waals surface area contributed by atoms with Crippen LogP contribution in [0.1, 0.15) is 5.69 Å². The van der Waals surface area contributed by atoms with Crippen LogP contribution in [0.2, 0.25) is 0 Å². The lowest BCUT2D eigenvalue weighted by Crippen LogP contribution is -2.08. The van der Waals surface area contributed by atoms with E-state index in [0.29, 0.717) is 18.0 Å². The number of aromatic amines is 1. The van der Waals surface area contributed by atoms with Crippen molar-refractivity contribution in [1.29, 1.82) is 0 Å². The Morgan fingerprint density at radius 3 is 3.11 bits per heavy atom. The van der Waals surface area contributed by atoms with Gasteiger partial charge in [-0.3, -0.25) is 4.68 Å². The van der Waals surface area contributed by atoms with Crippen molar-refractivity contribution in [3.8, 4) is 0 Å². The van der Waals surface area contributed by atoms with Crippen molar-refractivity contribution in [3.05, 3.63) is 24.3 Å². The Bertz CT molecular complexity index is 682. The van der Waals surface area contributed by atoms with Crippen molar-refractivity contribution >= 4 is 22.9 Å². The Labute approximate surface area is 102 Å². The van der Waals surface area contributed by atoms with Crippen molar-refractivity contribution < 1.29 is 0 Å². The molecule has 0 saturated carbocycles. The van der Waals surface area contributed by atoms with Gasteiger partial charge in [0, 0.05) is 13.2 Å². The second-order valence-corrected chi connectivity index (χ2v) is 3.83. The number of hydrogen-bond acceptors (Lipinski definition) is 6. The monoisotopic (exact) mass is 244 g/mol. The van der Waals surface area contributed by atoms with Crippen LogP contribution in [-0.4, -0.2) is 29.7 Å². The van der Waals surface area contributed by atoms with Crippen molar-refractivity contribution in [2.75, 3.05) is 11.1 Å². The van der Waals surface area contributed by atoms with Gasteiger partial charge in [0.05, 0.1) is 18.6 Å². The van der Waals surface area contributed by atoms with Crippen molar-refractivity contribution in [2.45, 2.75) is 6.54 Å². The molecule has 0 fully saturated rings. The molecule has 92 valence electrons. The van der Waals surface area contributed by atoms with Crippen molar-refractivity contribution in [3.63, 3.8) is 0 Å². The van der Waals surface area contributed by atoms with Crippen LogP contribution in [0.25, 0.3) is 11.2 Å². The zero-order chi connectivity index (χ0) is 12.5. The summed E-state index contributed by atoms with van der Waals surface area (Å²) in [7, 11) is 1.89. The number of H-pyrrole nitrogens is 1. The summed E-state index contributed by atoms with van der Waals surface area (Å²) in [5, 5.41) is 7.29. The number of hydrogen-bond donors (Lipinski definition) is 3. The molecule has 0 radical (unpaired) electrons. The molecule has 18 heavy (non-hydrogen) atoms. The third-order valence-electron chi connectivity index (χ3n) is 2.66. The normalized spacial score (nSPS) is 10.9. The summed E-state index contributed by atoms with van der Waals surface area (Å²) < 4.78 is 1.79. The van der Waals surface area contributed by atoms with E-state index in [2.05, 4.69) is 30.4 Å². The van der Waals surface area contributed by atoms with Gasteiger partial charge in [0.1, 0.15) is 5.52 Å². The van der Waals surface area contributed by atoms with E-state index in [1.165, 1.54) is 0 Å². The van der Waals surface area contributed by atoms with Gasteiger partial charge in [-0.25, -0.2) is 4.98 Å². The van der Waals surface area contributed by atoms with Gasteiger partial charge in [-0.15, -0.1) is 0 Å². The highest BCUT2D eigenvalue weighted by Gasteiger charge is 2.08. The highest BCUT2D eigenvalue weighted by Crippen LogP contribution is 2.17. The summed E-state index contributed by atoms with van der Waals surface area (Å²) in [4.78, 5) is 15.2. The standard InChI is InChI=1S/C10H12N8/c1-18-6(2-3-15-18)4-12-8-7-9(14-5-13-7)17-10(11)16-8/h2-3,5H,4H2,1H3,(H4,11,12,13,14,16,17). The zero-order valence-corrected chi connectivity index (χ0v) is 9.75. The molecule has 0 atom stereocenters. The molecule has 3 heterocycles. The van der Waals surface area contributed by atoms with Crippen LogP contribution in [0.15, 0.2) is 18.6 Å². The molecule has 8 nitrogen and oxygen atoms in total. The van der Waals surface area contributed by atoms with E-state index in [-0.39, 0.29) is 5.95 Å². The highest BCUT2D eigenvalue weighted by atomic mass is 15.3. The van der Waals surface area contributed by atoms with Gasteiger partial charge in [0.25, 0.3) is 0 Å². The first-order valence-corrected chi connectivity index (χ1v) is 5.41. The molecule has 0 bridgehead atoms. The van der Waals surface area contributed by atoms with Crippen LogP contribution in [0.3, 0.4) is 0 Å². The fourth-order valence-electron chi connectivity index (χ4n) is 1.73. The lowest BCUT2D eigenvalue weighted by molar-refractivity contribution is 0.720. The summed E-state index contributed by atoms with van der Waals surface area (Å²) >= 11 is 0. The maximum Gasteiger partial charge on any atom is 0.224 e. The summed E-state index contributed by atoms with van der Waals surface area (Å²) in [6, 6.07) is 1.93. The molecule has 0 aromatic carbocycles. The summed E-state index contributed by atoms with van der Waals surface area (Å²) in [6.07, 6.45) is 3.31. The minimum Gasteiger partial charge on any atom is -0.368 e. The molecule has 3 rings (SSSR count). The first-order chi connectivity index (χ1) is 8.74. The van der Waals surface area contributed by atoms with Crippen LogP contribution in [-0.2, 0) is 13.6 Å². The molecule has 0 spiro atoms. The zero-order valence-electron chi connectivity index (χ0n) is 9.75. The van der Waals surface area contributed by atoms with Gasteiger partial charge < -0.3 is 16.0 Å². The summed E-state index contributed by atoms with van der Waals surface area (Å²) in [6.45, 7) is 0.598. The number of nitrogens with one attached hydrogen (secondary N) is 2. The van der Waals surface area contributed by atoms with Crippen LogP contribution in [0, 0.1) is 0 Å². The molecule has 3 aromatic rings. The second kappa shape index (κ2) is 3.99. The molecule has 0 saturated heterocycles. The molecule has 3 aromatic heterocycles. The molecule has 0 aliphatic heterocycles. The number of anilines is 2. The number of aromatic nitrogens is 6. The van der Waals surface area contributed by atoms with E-state index < -0.39 is 0 Å². The number of nitrogens with two attached hydrogens (primary N) is 1. The van der Waals surface area contributed by atoms with Crippen LogP contribution < -0.4 is 11.1 Å². The Morgan fingerprint density at radius 1 is 1.44 bits per heavy atom. The van der Waals surface area contributed by atoms with Gasteiger partial charge in [0.15, 0.2) is 11.5 Å². The maximum atomic E-state index is 5.63. The van der Waals surface area contributed by atoms with Gasteiger partial charge >= 0.3 is 0 Å². The predicted octanol–water partition coefficient (Wildman–Crippen LogP) is 0.281. The molecular weight excluding hydrogens is 232 g/mol. The second-order valence-electron chi connectivity index (χ2n) is 3.83. The number of nitrogen functional groups attached to an aromatic ring is 1. The predicted molar refractivity (Wildman–Crippen MR) is 66.6 cm³/mol. The highest BCUT2D eigenvalue weighted by molar-refractivity contribution is 5.83. The average molecular weight is 244 g/mol. The van der Waals surface area contributed by atoms with Gasteiger partial charge in [-0.2, -0.15) is 15.1 Å². The third kappa shape index (κ3) is 1.73. The van der Waals surface area contributed by atoms with Crippen molar-refractivity contribution in [1.82, 2.24) is 29.7 Å². The quantitative estimate of drug-likeness (QED) is 0.610. The van der Waals surface area contributed by atoms with Crippen LogP contribution in [0.4, 0.5) is 11.8 Å². The van der Waals surface area contributed by atoms with Gasteiger partial charge in [-0.1, -0.05) is 0 Å². The lowest BCUT2D eigenvalue weighted by atomic mass is 10.4. The Balaban J connectivity index is 1.90. The molecule has 0 aliphatic carbocycles. The molecule has 4 N–H and O–H groups in total. The first kappa shape index (κ1) is 10.5. The average Bonchev–Trinajstić information content (AvgIpc) is 2.94. The van der Waals surface area contributed by atoms with E-state index in [1.807, 2.05) is 13.1 Å². The smallest absolute Gasteiger partial charge is 0.224 e. The third-order valence-corrected chi connectivity index (χ3v) is 2.66. The fourth-order valence-corrected chi connectivity index (χ4v) is 1.73. The molecular formula is C10H12N8. The summed E-state index contributed by atoms with van der Waals surface area (Å²) in [5.74, 6) is 0.832. The Kier molecular flexibility index (Phi) is 2.33. The fraction of sp³-hybridized carbons (Fsp3) is 0.200. The Morgan fingerprint density at radius 2 is 2.33 bits per heavy atom. The first-order valence-electron chi connectivity index (χ1n) is 5.41. The number of rotatable bonds is 3. The van der Waals surface area contributed by atoms with E-state index in [0.717, 1.165) is 11.2 Å². The maximum absolute atomic E-state index is 5.63. The summed E-state index contributed by atoms with van der Waals surface area (Å²) in [5.41, 5.74) is 7.96. The molecule has 8 heteroatoms. The number of imidazole rings is 1. The van der Waals surface area contributed by atoms with E-state index in [1.54, 1.807) is 17.2 Å². The van der Waals surface area contributed by atoms with E-state index >= 15 is 0 Å². The van der Waals surface area contributed by atoms with Crippen LogP contribution in [0.5, 0.6) is 0 Å². The largest absolute Gasteiger partial charge is 0.368 e. The van der Waals surface area contributed by atoms with Crippen molar-refractivity contribution in [2.24, 2.45) is 7.05 Å². The van der Waals surface area contributed by atoms with Gasteiger partial charge in [-0.05, 0) is 6.07 Å². The molecule has 0 aliphatic rings. The minimum absolute atomic E-state index is 0.196. The molecule has 0 unspecified atom stereocenters. The van der Waals surface area contributed by atoms with Crippen LogP contribution >= 0.6 is 0 Å². The Hall–Kier alpha value is -2.64. The topological polar surface area (TPSA) is 110 Å².